The van der Waals surface area contributed by atoms with Gasteiger partial charge in [0.2, 0.25) is 0 Å². The molecule has 0 bridgehead atoms. The van der Waals surface area contributed by atoms with Gasteiger partial charge in [0.15, 0.2) is 0 Å². The molecule has 0 aliphatic heterocycles. The minimum Gasteiger partial charge on any atom is -0.0901 e. The largest absolute Gasteiger partial charge is 0.0901 e. The summed E-state index contributed by atoms with van der Waals surface area (Å²) >= 11 is 1.83. The second kappa shape index (κ2) is 12.4. The van der Waals surface area contributed by atoms with Crippen LogP contribution in [-0.4, -0.2) is 0 Å². The molecule has 0 aromatic heterocycles. The normalized spacial score (nSPS) is 12.0. The SMILES string of the molecule is Cc1ccc(C=Cc2ccc3cc4cc(Sc5ccc6cc7cc(C=Cc8ccc(C)cc8)ccc7cc6c5)ccc4cc3c2)cc1. The molecule has 0 N–H and O–H groups in total. The van der Waals surface area contributed by atoms with Crippen molar-refractivity contribution in [3.05, 3.63) is 179 Å². The minimum atomic E-state index is 1.21. The van der Waals surface area contributed by atoms with Crippen LogP contribution in [0.25, 0.3) is 67.4 Å². The fourth-order valence-electron chi connectivity index (χ4n) is 6.20. The Labute approximate surface area is 280 Å². The smallest absolute Gasteiger partial charge is 0.0128 e. The average Bonchev–Trinajstić information content (AvgIpc) is 3.09. The molecule has 0 saturated heterocycles. The zero-order chi connectivity index (χ0) is 31.7. The maximum atomic E-state index is 2.32. The van der Waals surface area contributed by atoms with Gasteiger partial charge in [-0.1, -0.05) is 132 Å². The molecule has 0 spiro atoms. The summed E-state index contributed by atoms with van der Waals surface area (Å²) in [4.78, 5) is 2.50. The molecule has 0 amide bonds. The van der Waals surface area contributed by atoms with Crippen LogP contribution < -0.4 is 0 Å². The molecule has 0 aliphatic carbocycles. The highest BCUT2D eigenvalue weighted by atomic mass is 32.2. The van der Waals surface area contributed by atoms with Crippen LogP contribution in [-0.2, 0) is 0 Å². The third kappa shape index (κ3) is 6.49. The lowest BCUT2D eigenvalue weighted by atomic mass is 10.0. The van der Waals surface area contributed by atoms with Gasteiger partial charge in [-0.2, -0.15) is 0 Å². The predicted octanol–water partition coefficient (Wildman–Crippen LogP) is 13.4. The molecular formula is C46H34S. The van der Waals surface area contributed by atoms with Gasteiger partial charge in [-0.15, -0.1) is 0 Å². The second-order valence-electron chi connectivity index (χ2n) is 12.5. The van der Waals surface area contributed by atoms with Crippen molar-refractivity contribution >= 4 is 79.2 Å². The van der Waals surface area contributed by atoms with Crippen LogP contribution in [0.3, 0.4) is 0 Å². The molecule has 1 heteroatoms. The lowest BCUT2D eigenvalue weighted by Crippen LogP contribution is -1.82. The second-order valence-corrected chi connectivity index (χ2v) is 13.7. The first-order valence-corrected chi connectivity index (χ1v) is 17.0. The molecule has 0 aliphatic rings. The molecule has 8 rings (SSSR count). The van der Waals surface area contributed by atoms with E-state index in [0.717, 1.165) is 0 Å². The van der Waals surface area contributed by atoms with Crippen molar-refractivity contribution < 1.29 is 0 Å². The Kier molecular flexibility index (Phi) is 7.69. The first-order chi connectivity index (χ1) is 23.0. The Morgan fingerprint density at radius 2 is 0.617 bits per heavy atom. The highest BCUT2D eigenvalue weighted by Gasteiger charge is 2.06. The number of aryl methyl sites for hydroxylation is 2. The monoisotopic (exact) mass is 618 g/mol. The minimum absolute atomic E-state index is 1.21. The van der Waals surface area contributed by atoms with Crippen LogP contribution in [0.5, 0.6) is 0 Å². The van der Waals surface area contributed by atoms with Crippen molar-refractivity contribution in [1.82, 2.24) is 0 Å². The Morgan fingerprint density at radius 1 is 0.298 bits per heavy atom. The summed E-state index contributed by atoms with van der Waals surface area (Å²) in [6.07, 6.45) is 8.76. The van der Waals surface area contributed by atoms with Crippen LogP contribution in [0.4, 0.5) is 0 Å². The number of rotatable bonds is 6. The van der Waals surface area contributed by atoms with Gasteiger partial charge in [-0.05, 0) is 140 Å². The number of fused-ring (bicyclic) bond motifs is 4. The van der Waals surface area contributed by atoms with Gasteiger partial charge in [0.25, 0.3) is 0 Å². The summed E-state index contributed by atoms with van der Waals surface area (Å²) in [5.74, 6) is 0. The molecule has 224 valence electrons. The number of hydrogen-bond donors (Lipinski definition) is 0. The van der Waals surface area contributed by atoms with E-state index in [9.17, 15) is 0 Å². The number of hydrogen-bond acceptors (Lipinski definition) is 1. The molecule has 0 heterocycles. The van der Waals surface area contributed by atoms with E-state index in [4.69, 9.17) is 0 Å². The van der Waals surface area contributed by atoms with Gasteiger partial charge < -0.3 is 0 Å². The zero-order valence-electron chi connectivity index (χ0n) is 26.6. The maximum absolute atomic E-state index is 2.32. The quantitative estimate of drug-likeness (QED) is 0.132. The van der Waals surface area contributed by atoms with Crippen molar-refractivity contribution in [2.75, 3.05) is 0 Å². The summed E-state index contributed by atoms with van der Waals surface area (Å²) in [5.41, 5.74) is 7.42. The number of benzene rings is 8. The van der Waals surface area contributed by atoms with E-state index in [-0.39, 0.29) is 0 Å². The van der Waals surface area contributed by atoms with E-state index in [1.54, 1.807) is 0 Å². The van der Waals surface area contributed by atoms with Gasteiger partial charge in [-0.25, -0.2) is 0 Å². The van der Waals surface area contributed by atoms with E-state index in [1.165, 1.54) is 86.3 Å². The molecule has 0 unspecified atom stereocenters. The molecule has 0 fully saturated rings. The standard InChI is InChI=1S/C46H34S/c1-31-3-7-33(8-4-31)11-13-35-15-17-37-27-43-29-45(21-19-39(43)25-41(37)23-35)47-46-22-20-40-26-42-24-36(16-18-38(42)28-44(40)30-46)14-12-34-9-5-32(2)6-10-34/h3-30H,1-2H3. The summed E-state index contributed by atoms with van der Waals surface area (Å²) in [6.45, 7) is 4.24. The molecule has 47 heavy (non-hydrogen) atoms. The summed E-state index contributed by atoms with van der Waals surface area (Å²) in [5, 5.41) is 10.1. The Morgan fingerprint density at radius 3 is 1.02 bits per heavy atom. The highest BCUT2D eigenvalue weighted by Crippen LogP contribution is 2.35. The topological polar surface area (TPSA) is 0 Å². The lowest BCUT2D eigenvalue weighted by molar-refractivity contribution is 1.45. The van der Waals surface area contributed by atoms with E-state index in [0.29, 0.717) is 0 Å². The van der Waals surface area contributed by atoms with Crippen LogP contribution in [0.2, 0.25) is 0 Å². The van der Waals surface area contributed by atoms with Crippen molar-refractivity contribution in [2.24, 2.45) is 0 Å². The predicted molar refractivity (Wildman–Crippen MR) is 207 cm³/mol. The van der Waals surface area contributed by atoms with E-state index < -0.39 is 0 Å². The van der Waals surface area contributed by atoms with Crippen molar-refractivity contribution in [3.8, 4) is 0 Å². The fraction of sp³-hybridized carbons (Fsp3) is 0.0435. The summed E-state index contributed by atoms with van der Waals surface area (Å²) < 4.78 is 0. The van der Waals surface area contributed by atoms with Gasteiger partial charge in [0, 0.05) is 9.79 Å². The Bertz CT molecular complexity index is 2300. The summed E-state index contributed by atoms with van der Waals surface area (Å²) in [6, 6.07) is 53.6. The fourth-order valence-corrected chi connectivity index (χ4v) is 7.11. The van der Waals surface area contributed by atoms with E-state index in [2.05, 4.69) is 184 Å². The van der Waals surface area contributed by atoms with Crippen LogP contribution in [0.15, 0.2) is 155 Å². The average molecular weight is 619 g/mol. The van der Waals surface area contributed by atoms with Crippen LogP contribution >= 0.6 is 11.8 Å². The van der Waals surface area contributed by atoms with Gasteiger partial charge in [-0.3, -0.25) is 0 Å². The van der Waals surface area contributed by atoms with Crippen LogP contribution in [0, 0.1) is 13.8 Å². The van der Waals surface area contributed by atoms with Crippen LogP contribution in [0.1, 0.15) is 33.4 Å². The molecule has 0 radical (unpaired) electrons. The molecule has 0 atom stereocenters. The summed E-state index contributed by atoms with van der Waals surface area (Å²) in [7, 11) is 0. The molecule has 8 aromatic carbocycles. The lowest BCUT2D eigenvalue weighted by Gasteiger charge is -2.09. The molecular weight excluding hydrogens is 585 g/mol. The zero-order valence-corrected chi connectivity index (χ0v) is 27.4. The first-order valence-electron chi connectivity index (χ1n) is 16.1. The van der Waals surface area contributed by atoms with E-state index >= 15 is 0 Å². The van der Waals surface area contributed by atoms with Crippen molar-refractivity contribution in [1.29, 1.82) is 0 Å². The first kappa shape index (κ1) is 29.1. The molecule has 0 saturated carbocycles. The van der Waals surface area contributed by atoms with Gasteiger partial charge in [0.05, 0.1) is 0 Å². The third-order valence-electron chi connectivity index (χ3n) is 8.91. The van der Waals surface area contributed by atoms with Gasteiger partial charge >= 0.3 is 0 Å². The third-order valence-corrected chi connectivity index (χ3v) is 9.89. The maximum Gasteiger partial charge on any atom is 0.0128 e. The van der Waals surface area contributed by atoms with Gasteiger partial charge in [0.1, 0.15) is 0 Å². The van der Waals surface area contributed by atoms with Crippen molar-refractivity contribution in [3.63, 3.8) is 0 Å². The Balaban J connectivity index is 1.02. The highest BCUT2D eigenvalue weighted by molar-refractivity contribution is 7.99. The Hall–Kier alpha value is -5.37. The van der Waals surface area contributed by atoms with Crippen molar-refractivity contribution in [2.45, 2.75) is 23.6 Å². The van der Waals surface area contributed by atoms with E-state index in [1.807, 2.05) is 11.8 Å². The molecule has 0 nitrogen and oxygen atoms in total. The molecule has 8 aromatic rings.